The zero-order valence-corrected chi connectivity index (χ0v) is 13.0. The first-order valence-corrected chi connectivity index (χ1v) is 8.53. The van der Waals surface area contributed by atoms with Crippen molar-refractivity contribution in [1.29, 1.82) is 0 Å². The summed E-state index contributed by atoms with van der Waals surface area (Å²) >= 11 is 3.83. The van der Waals surface area contributed by atoms with E-state index in [9.17, 15) is 0 Å². The first kappa shape index (κ1) is 11.6. The Morgan fingerprint density at radius 1 is 0.950 bits per heavy atom. The lowest BCUT2D eigenvalue weighted by molar-refractivity contribution is 0.410. The van der Waals surface area contributed by atoms with Gasteiger partial charge in [0.1, 0.15) is 0 Å². The third-order valence-corrected chi connectivity index (χ3v) is 6.39. The second kappa shape index (κ2) is 4.00. The van der Waals surface area contributed by atoms with Gasteiger partial charge in [0.05, 0.1) is 0 Å². The van der Waals surface area contributed by atoms with Gasteiger partial charge >= 0.3 is 0 Å². The van der Waals surface area contributed by atoms with E-state index in [1.807, 2.05) is 0 Å². The van der Waals surface area contributed by atoms with E-state index in [0.29, 0.717) is 11.8 Å². The Hall–Kier alpha value is -1.02. The minimum Gasteiger partial charge on any atom is -0.370 e. The molecule has 2 heteroatoms. The maximum Gasteiger partial charge on any atom is 0.0455 e. The number of halogens is 1. The first-order chi connectivity index (χ1) is 9.83. The van der Waals surface area contributed by atoms with Crippen LogP contribution < -0.4 is 4.90 Å². The van der Waals surface area contributed by atoms with E-state index in [1.54, 1.807) is 16.8 Å². The van der Waals surface area contributed by atoms with E-state index in [0.717, 1.165) is 11.8 Å². The Bertz CT molecular complexity index is 643. The van der Waals surface area contributed by atoms with Crippen molar-refractivity contribution >= 4 is 21.6 Å². The Kier molecular flexibility index (Phi) is 2.33. The summed E-state index contributed by atoms with van der Waals surface area (Å²) in [6, 6.07) is 4.65. The molecule has 0 bridgehead atoms. The van der Waals surface area contributed by atoms with E-state index in [4.69, 9.17) is 0 Å². The van der Waals surface area contributed by atoms with Crippen molar-refractivity contribution < 1.29 is 0 Å². The van der Waals surface area contributed by atoms with Crippen molar-refractivity contribution in [3.05, 3.63) is 52.0 Å². The van der Waals surface area contributed by atoms with Crippen molar-refractivity contribution in [2.24, 2.45) is 11.8 Å². The summed E-state index contributed by atoms with van der Waals surface area (Å²) in [5.41, 5.74) is 4.69. The normalized spacial score (nSPS) is 36.0. The minimum absolute atomic E-state index is 0.637. The third kappa shape index (κ3) is 1.38. The minimum atomic E-state index is 0.637. The average molecular weight is 328 g/mol. The van der Waals surface area contributed by atoms with Gasteiger partial charge in [0.2, 0.25) is 0 Å². The summed E-state index contributed by atoms with van der Waals surface area (Å²) in [4.78, 5) is 2.69. The molecule has 0 N–H and O–H groups in total. The highest BCUT2D eigenvalue weighted by Gasteiger charge is 2.42. The summed E-state index contributed by atoms with van der Waals surface area (Å²) in [6.45, 7) is 2.49. The SMILES string of the molecule is Brc1ccc2c3c1C1C=CCC1CN3CC1CC=CC21. The van der Waals surface area contributed by atoms with Crippen LogP contribution in [-0.4, -0.2) is 13.1 Å². The van der Waals surface area contributed by atoms with Crippen LogP contribution in [0.4, 0.5) is 5.69 Å². The maximum atomic E-state index is 3.83. The largest absolute Gasteiger partial charge is 0.370 e. The Balaban J connectivity index is 1.77. The van der Waals surface area contributed by atoms with Gasteiger partial charge in [-0.25, -0.2) is 0 Å². The Morgan fingerprint density at radius 2 is 1.65 bits per heavy atom. The van der Waals surface area contributed by atoms with Gasteiger partial charge in [0.15, 0.2) is 0 Å². The highest BCUT2D eigenvalue weighted by molar-refractivity contribution is 9.10. The lowest BCUT2D eigenvalue weighted by Gasteiger charge is -2.46. The predicted octanol–water partition coefficient (Wildman–Crippen LogP) is 4.60. The quantitative estimate of drug-likeness (QED) is 0.629. The second-order valence-electron chi connectivity index (χ2n) is 6.70. The number of hydrogen-bond acceptors (Lipinski definition) is 1. The summed E-state index contributed by atoms with van der Waals surface area (Å²) in [5.74, 6) is 2.90. The molecule has 0 fully saturated rings. The Labute approximate surface area is 128 Å². The topological polar surface area (TPSA) is 3.24 Å². The zero-order valence-electron chi connectivity index (χ0n) is 11.4. The molecule has 102 valence electrons. The van der Waals surface area contributed by atoms with E-state index in [1.165, 1.54) is 30.4 Å². The molecular weight excluding hydrogens is 310 g/mol. The van der Waals surface area contributed by atoms with Crippen LogP contribution in [0.3, 0.4) is 0 Å². The van der Waals surface area contributed by atoms with E-state index < -0.39 is 0 Å². The fourth-order valence-electron chi connectivity index (χ4n) is 4.84. The molecule has 4 atom stereocenters. The highest BCUT2D eigenvalue weighted by Crippen LogP contribution is 2.54. The molecule has 1 aromatic rings. The molecule has 20 heavy (non-hydrogen) atoms. The molecule has 2 aliphatic carbocycles. The molecule has 0 saturated carbocycles. The van der Waals surface area contributed by atoms with Crippen molar-refractivity contribution in [3.8, 4) is 0 Å². The summed E-state index contributed by atoms with van der Waals surface area (Å²) < 4.78 is 1.31. The van der Waals surface area contributed by atoms with Crippen LogP contribution >= 0.6 is 15.9 Å². The van der Waals surface area contributed by atoms with Gasteiger partial charge in [-0.3, -0.25) is 0 Å². The first-order valence-electron chi connectivity index (χ1n) is 7.73. The van der Waals surface area contributed by atoms with Gasteiger partial charge in [-0.1, -0.05) is 46.3 Å². The van der Waals surface area contributed by atoms with Gasteiger partial charge in [-0.05, 0) is 41.9 Å². The van der Waals surface area contributed by atoms with Crippen molar-refractivity contribution in [2.75, 3.05) is 18.0 Å². The molecular formula is C18H18BrN. The van der Waals surface area contributed by atoms with Crippen LogP contribution in [0.15, 0.2) is 40.9 Å². The standard InChI is InChI=1S/C18H18BrN/c19-16-8-7-15-13-5-1-3-11(13)9-20-10-12-4-2-6-14(12)17(16)18(15)20/h1-2,5-8,11-14H,3-4,9-10H2. The van der Waals surface area contributed by atoms with Crippen LogP contribution in [0.5, 0.6) is 0 Å². The highest BCUT2D eigenvalue weighted by atomic mass is 79.9. The molecule has 5 rings (SSSR count). The number of fused-ring (bicyclic) bond motifs is 4. The molecule has 1 aromatic carbocycles. The number of anilines is 1. The molecule has 0 amide bonds. The van der Waals surface area contributed by atoms with Gasteiger partial charge in [0, 0.05) is 35.1 Å². The summed E-state index contributed by atoms with van der Waals surface area (Å²) in [7, 11) is 0. The second-order valence-corrected chi connectivity index (χ2v) is 7.56. The molecule has 0 saturated heterocycles. The van der Waals surface area contributed by atoms with Gasteiger partial charge in [0.25, 0.3) is 0 Å². The van der Waals surface area contributed by atoms with Gasteiger partial charge < -0.3 is 4.90 Å². The monoisotopic (exact) mass is 327 g/mol. The van der Waals surface area contributed by atoms with E-state index in [2.05, 4.69) is 57.3 Å². The van der Waals surface area contributed by atoms with Crippen LogP contribution in [0.1, 0.15) is 35.8 Å². The molecule has 0 radical (unpaired) electrons. The lowest BCUT2D eigenvalue weighted by Crippen LogP contribution is -2.43. The molecule has 0 aromatic heterocycles. The molecule has 2 heterocycles. The molecule has 4 unspecified atom stereocenters. The fraction of sp³-hybridized carbons (Fsp3) is 0.444. The fourth-order valence-corrected chi connectivity index (χ4v) is 5.42. The van der Waals surface area contributed by atoms with Crippen LogP contribution in [0.25, 0.3) is 0 Å². The number of rotatable bonds is 0. The van der Waals surface area contributed by atoms with Gasteiger partial charge in [-0.2, -0.15) is 0 Å². The number of benzene rings is 1. The smallest absolute Gasteiger partial charge is 0.0455 e. The van der Waals surface area contributed by atoms with E-state index in [-0.39, 0.29) is 0 Å². The van der Waals surface area contributed by atoms with Crippen LogP contribution in [-0.2, 0) is 0 Å². The van der Waals surface area contributed by atoms with Crippen LogP contribution in [0, 0.1) is 11.8 Å². The van der Waals surface area contributed by atoms with Crippen molar-refractivity contribution in [2.45, 2.75) is 24.7 Å². The zero-order chi connectivity index (χ0) is 13.3. The Morgan fingerprint density at radius 3 is 2.45 bits per heavy atom. The van der Waals surface area contributed by atoms with Crippen LogP contribution in [0.2, 0.25) is 0 Å². The number of nitrogens with zero attached hydrogens (tertiary/aromatic N) is 1. The molecule has 2 aliphatic heterocycles. The predicted molar refractivity (Wildman–Crippen MR) is 86.3 cm³/mol. The number of hydrogen-bond donors (Lipinski definition) is 0. The average Bonchev–Trinajstić information content (AvgIpc) is 3.08. The summed E-state index contributed by atoms with van der Waals surface area (Å²) in [6.07, 6.45) is 12.2. The maximum absolute atomic E-state index is 3.83. The summed E-state index contributed by atoms with van der Waals surface area (Å²) in [5, 5.41) is 0. The third-order valence-electron chi connectivity index (χ3n) is 5.69. The van der Waals surface area contributed by atoms with Crippen molar-refractivity contribution in [1.82, 2.24) is 0 Å². The number of allylic oxidation sites excluding steroid dienone is 4. The molecule has 0 spiro atoms. The van der Waals surface area contributed by atoms with Crippen molar-refractivity contribution in [3.63, 3.8) is 0 Å². The molecule has 4 aliphatic rings. The van der Waals surface area contributed by atoms with Gasteiger partial charge in [-0.15, -0.1) is 0 Å². The lowest BCUT2D eigenvalue weighted by atomic mass is 9.75. The molecule has 1 nitrogen and oxygen atoms in total. The van der Waals surface area contributed by atoms with E-state index >= 15 is 0 Å².